The molecule has 0 N–H and O–H groups in total. The molecular formula is C13H13NO2. The van der Waals surface area contributed by atoms with Crippen molar-refractivity contribution in [3.63, 3.8) is 0 Å². The number of carbonyl (C=O) groups is 1. The van der Waals surface area contributed by atoms with Gasteiger partial charge in [0.2, 0.25) is 0 Å². The van der Waals surface area contributed by atoms with Gasteiger partial charge in [0.25, 0.3) is 0 Å². The third-order valence-electron chi connectivity index (χ3n) is 2.57. The van der Waals surface area contributed by atoms with Crippen LogP contribution in [0.1, 0.15) is 16.1 Å². The van der Waals surface area contributed by atoms with E-state index in [-0.39, 0.29) is 0 Å². The molecule has 16 heavy (non-hydrogen) atoms. The van der Waals surface area contributed by atoms with Gasteiger partial charge in [-0.2, -0.15) is 0 Å². The molecule has 0 aliphatic heterocycles. The molecule has 0 spiro atoms. The molecule has 3 heteroatoms. The average Bonchev–Trinajstić information content (AvgIpc) is 2.78. The fourth-order valence-electron chi connectivity index (χ4n) is 1.68. The molecule has 0 aliphatic rings. The highest BCUT2D eigenvalue weighted by Gasteiger charge is 2.04. The fraction of sp³-hybridized carbons (Fsp3) is 0.154. The fourth-order valence-corrected chi connectivity index (χ4v) is 1.68. The smallest absolute Gasteiger partial charge is 0.166 e. The largest absolute Gasteiger partial charge is 0.496 e. The average molecular weight is 215 g/mol. The lowest BCUT2D eigenvalue weighted by atomic mass is 10.2. The van der Waals surface area contributed by atoms with Crippen molar-refractivity contribution in [1.29, 1.82) is 0 Å². The zero-order valence-corrected chi connectivity index (χ0v) is 9.31. The molecule has 0 unspecified atom stereocenters. The van der Waals surface area contributed by atoms with Crippen LogP contribution in [-0.4, -0.2) is 18.0 Å². The Hall–Kier alpha value is -2.03. The predicted molar refractivity (Wildman–Crippen MR) is 62.4 cm³/mol. The topological polar surface area (TPSA) is 31.2 Å². The van der Waals surface area contributed by atoms with Gasteiger partial charge in [-0.1, -0.05) is 6.07 Å². The van der Waals surface area contributed by atoms with Crippen molar-refractivity contribution in [3.05, 3.63) is 47.8 Å². The number of hydrogen-bond donors (Lipinski definition) is 0. The van der Waals surface area contributed by atoms with Crippen molar-refractivity contribution >= 4 is 6.29 Å². The molecular weight excluding hydrogens is 202 g/mol. The highest BCUT2D eigenvalue weighted by Crippen LogP contribution is 2.22. The van der Waals surface area contributed by atoms with Crippen LogP contribution >= 0.6 is 0 Å². The third kappa shape index (κ3) is 1.72. The van der Waals surface area contributed by atoms with Crippen LogP contribution in [-0.2, 0) is 0 Å². The normalized spacial score (nSPS) is 10.1. The maximum atomic E-state index is 10.8. The summed E-state index contributed by atoms with van der Waals surface area (Å²) in [6.07, 6.45) is 2.69. The van der Waals surface area contributed by atoms with Gasteiger partial charge in [0.1, 0.15) is 5.75 Å². The molecule has 1 aromatic heterocycles. The van der Waals surface area contributed by atoms with Gasteiger partial charge in [-0.15, -0.1) is 0 Å². The number of aryl methyl sites for hydroxylation is 1. The molecule has 2 aromatic rings. The summed E-state index contributed by atoms with van der Waals surface area (Å²) in [5.74, 6) is 0.822. The maximum Gasteiger partial charge on any atom is 0.166 e. The van der Waals surface area contributed by atoms with Crippen LogP contribution in [0.15, 0.2) is 36.5 Å². The van der Waals surface area contributed by atoms with Crippen molar-refractivity contribution in [1.82, 2.24) is 4.57 Å². The molecule has 0 atom stereocenters. The summed E-state index contributed by atoms with van der Waals surface area (Å²) in [6, 6.07) is 9.48. The number of rotatable bonds is 3. The minimum atomic E-state index is 0.630. The number of aromatic nitrogens is 1. The van der Waals surface area contributed by atoms with Crippen LogP contribution in [0, 0.1) is 6.92 Å². The van der Waals surface area contributed by atoms with Crippen molar-refractivity contribution in [2.45, 2.75) is 6.92 Å². The van der Waals surface area contributed by atoms with E-state index in [0.717, 1.165) is 23.3 Å². The molecule has 0 saturated heterocycles. The molecule has 2 rings (SSSR count). The Bertz CT molecular complexity index is 514. The number of aldehydes is 1. The van der Waals surface area contributed by atoms with Crippen LogP contribution in [0.2, 0.25) is 0 Å². The molecule has 3 nitrogen and oxygen atoms in total. The van der Waals surface area contributed by atoms with Crippen molar-refractivity contribution in [2.75, 3.05) is 7.11 Å². The highest BCUT2D eigenvalue weighted by atomic mass is 16.5. The second-order valence-electron chi connectivity index (χ2n) is 3.57. The molecule has 1 aromatic carbocycles. The van der Waals surface area contributed by atoms with Crippen LogP contribution in [0.5, 0.6) is 5.75 Å². The van der Waals surface area contributed by atoms with Gasteiger partial charge in [-0.3, -0.25) is 4.79 Å². The Morgan fingerprint density at radius 2 is 2.12 bits per heavy atom. The Balaban J connectivity index is 2.52. The molecule has 1 heterocycles. The van der Waals surface area contributed by atoms with E-state index in [1.807, 2.05) is 42.0 Å². The second kappa shape index (κ2) is 4.23. The number of benzene rings is 1. The van der Waals surface area contributed by atoms with Crippen LogP contribution in [0.4, 0.5) is 0 Å². The Morgan fingerprint density at radius 3 is 2.81 bits per heavy atom. The van der Waals surface area contributed by atoms with Crippen LogP contribution in [0.25, 0.3) is 5.69 Å². The molecule has 0 saturated carbocycles. The Morgan fingerprint density at radius 1 is 1.31 bits per heavy atom. The molecule has 0 bridgehead atoms. The minimum Gasteiger partial charge on any atom is -0.496 e. The van der Waals surface area contributed by atoms with E-state index in [2.05, 4.69) is 0 Å². The predicted octanol–water partition coefficient (Wildman–Crippen LogP) is 2.61. The van der Waals surface area contributed by atoms with Crippen LogP contribution in [0.3, 0.4) is 0 Å². The lowest BCUT2D eigenvalue weighted by Gasteiger charge is -2.09. The lowest BCUT2D eigenvalue weighted by Crippen LogP contribution is -1.98. The van der Waals surface area contributed by atoms with Gasteiger partial charge >= 0.3 is 0 Å². The van der Waals surface area contributed by atoms with E-state index in [9.17, 15) is 4.79 Å². The SMILES string of the molecule is COc1cc(-n2cccc2C=O)ccc1C. The lowest BCUT2D eigenvalue weighted by molar-refractivity contribution is 0.111. The first-order chi connectivity index (χ1) is 7.76. The first-order valence-electron chi connectivity index (χ1n) is 5.04. The minimum absolute atomic E-state index is 0.630. The molecule has 82 valence electrons. The summed E-state index contributed by atoms with van der Waals surface area (Å²) >= 11 is 0. The molecule has 0 fully saturated rings. The summed E-state index contributed by atoms with van der Waals surface area (Å²) in [7, 11) is 1.64. The quantitative estimate of drug-likeness (QED) is 0.737. The summed E-state index contributed by atoms with van der Waals surface area (Å²) in [5.41, 5.74) is 2.63. The molecule has 0 aliphatic carbocycles. The number of ether oxygens (including phenoxy) is 1. The molecule has 0 radical (unpaired) electrons. The van der Waals surface area contributed by atoms with Gasteiger partial charge in [-0.05, 0) is 30.7 Å². The molecule has 0 amide bonds. The number of carbonyl (C=O) groups excluding carboxylic acids is 1. The van der Waals surface area contributed by atoms with Gasteiger partial charge in [0, 0.05) is 18.0 Å². The Kier molecular flexibility index (Phi) is 2.77. The van der Waals surface area contributed by atoms with Crippen molar-refractivity contribution in [2.24, 2.45) is 0 Å². The van der Waals surface area contributed by atoms with Crippen molar-refractivity contribution in [3.8, 4) is 11.4 Å². The van der Waals surface area contributed by atoms with Crippen LogP contribution < -0.4 is 4.74 Å². The van der Waals surface area contributed by atoms with Gasteiger partial charge in [0.15, 0.2) is 6.29 Å². The number of methoxy groups -OCH3 is 1. The summed E-state index contributed by atoms with van der Waals surface area (Å²) in [4.78, 5) is 10.8. The first kappa shape index (κ1) is 10.5. The standard InChI is InChI=1S/C13H13NO2/c1-10-5-6-11(8-13(10)16-2)14-7-3-4-12(14)9-15/h3-9H,1-2H3. The van der Waals surface area contributed by atoms with E-state index in [1.165, 1.54) is 0 Å². The number of nitrogens with zero attached hydrogens (tertiary/aromatic N) is 1. The third-order valence-corrected chi connectivity index (χ3v) is 2.57. The second-order valence-corrected chi connectivity index (χ2v) is 3.57. The zero-order chi connectivity index (χ0) is 11.5. The van der Waals surface area contributed by atoms with E-state index in [0.29, 0.717) is 5.69 Å². The summed E-state index contributed by atoms with van der Waals surface area (Å²) in [6.45, 7) is 1.99. The van der Waals surface area contributed by atoms with Gasteiger partial charge in [0.05, 0.1) is 12.8 Å². The highest BCUT2D eigenvalue weighted by molar-refractivity contribution is 5.73. The van der Waals surface area contributed by atoms with E-state index in [4.69, 9.17) is 4.74 Å². The van der Waals surface area contributed by atoms with E-state index in [1.54, 1.807) is 13.2 Å². The maximum absolute atomic E-state index is 10.8. The van der Waals surface area contributed by atoms with E-state index >= 15 is 0 Å². The Labute approximate surface area is 94.3 Å². The zero-order valence-electron chi connectivity index (χ0n) is 9.31. The van der Waals surface area contributed by atoms with E-state index < -0.39 is 0 Å². The summed E-state index contributed by atoms with van der Waals surface area (Å²) in [5, 5.41) is 0. The first-order valence-corrected chi connectivity index (χ1v) is 5.04. The van der Waals surface area contributed by atoms with Crippen molar-refractivity contribution < 1.29 is 9.53 Å². The monoisotopic (exact) mass is 215 g/mol. The van der Waals surface area contributed by atoms with Gasteiger partial charge in [-0.25, -0.2) is 0 Å². The summed E-state index contributed by atoms with van der Waals surface area (Å²) < 4.78 is 7.08. The number of hydrogen-bond acceptors (Lipinski definition) is 2. The van der Waals surface area contributed by atoms with Gasteiger partial charge < -0.3 is 9.30 Å².